The molecule has 0 radical (unpaired) electrons. The standard InChI is InChI=1S/C11H22N2/c1-2-6-11(13-9-4-1)7-3-5-8-12-10-11/h12-13H,1-10H2. The third-order valence-electron chi connectivity index (χ3n) is 3.55. The van der Waals surface area contributed by atoms with Crippen molar-refractivity contribution < 1.29 is 0 Å². The van der Waals surface area contributed by atoms with Crippen LogP contribution in [0.3, 0.4) is 0 Å². The number of hydrogen-bond acceptors (Lipinski definition) is 2. The minimum atomic E-state index is 0.465. The second kappa shape index (κ2) is 4.43. The highest BCUT2D eigenvalue weighted by atomic mass is 15.0. The molecule has 2 heterocycles. The fourth-order valence-corrected chi connectivity index (χ4v) is 2.70. The highest BCUT2D eigenvalue weighted by Gasteiger charge is 2.30. The highest BCUT2D eigenvalue weighted by molar-refractivity contribution is 4.93. The molecule has 76 valence electrons. The van der Waals surface area contributed by atoms with Crippen LogP contribution in [-0.4, -0.2) is 25.2 Å². The van der Waals surface area contributed by atoms with Crippen molar-refractivity contribution in [2.75, 3.05) is 19.6 Å². The fourth-order valence-electron chi connectivity index (χ4n) is 2.70. The molecule has 1 spiro atoms. The van der Waals surface area contributed by atoms with Gasteiger partial charge in [-0.3, -0.25) is 0 Å². The molecule has 2 aliphatic rings. The van der Waals surface area contributed by atoms with Gasteiger partial charge in [-0.25, -0.2) is 0 Å². The van der Waals surface area contributed by atoms with Gasteiger partial charge in [-0.05, 0) is 38.8 Å². The summed E-state index contributed by atoms with van der Waals surface area (Å²) in [6.45, 7) is 3.66. The average molecular weight is 182 g/mol. The van der Waals surface area contributed by atoms with E-state index in [2.05, 4.69) is 10.6 Å². The second-order valence-electron chi connectivity index (χ2n) is 4.65. The third-order valence-corrected chi connectivity index (χ3v) is 3.55. The second-order valence-corrected chi connectivity index (χ2v) is 4.65. The third kappa shape index (κ3) is 2.44. The summed E-state index contributed by atoms with van der Waals surface area (Å²) in [6.07, 6.45) is 9.77. The lowest BCUT2D eigenvalue weighted by molar-refractivity contribution is 0.293. The van der Waals surface area contributed by atoms with Crippen molar-refractivity contribution in [1.29, 1.82) is 0 Å². The lowest BCUT2D eigenvalue weighted by Crippen LogP contribution is -2.50. The van der Waals surface area contributed by atoms with Crippen molar-refractivity contribution >= 4 is 0 Å². The van der Waals surface area contributed by atoms with Gasteiger partial charge in [0.25, 0.3) is 0 Å². The van der Waals surface area contributed by atoms with E-state index in [1.165, 1.54) is 64.6 Å². The van der Waals surface area contributed by atoms with E-state index in [1.807, 2.05) is 0 Å². The Morgan fingerprint density at radius 1 is 0.769 bits per heavy atom. The Morgan fingerprint density at radius 3 is 2.46 bits per heavy atom. The van der Waals surface area contributed by atoms with Gasteiger partial charge in [-0.2, -0.15) is 0 Å². The maximum Gasteiger partial charge on any atom is 0.0306 e. The van der Waals surface area contributed by atoms with Crippen LogP contribution in [0.25, 0.3) is 0 Å². The van der Waals surface area contributed by atoms with E-state index >= 15 is 0 Å². The minimum Gasteiger partial charge on any atom is -0.315 e. The van der Waals surface area contributed by atoms with Gasteiger partial charge in [0.05, 0.1) is 0 Å². The van der Waals surface area contributed by atoms with Crippen LogP contribution in [0, 0.1) is 0 Å². The molecule has 2 aliphatic heterocycles. The molecule has 2 nitrogen and oxygen atoms in total. The molecular weight excluding hydrogens is 160 g/mol. The molecule has 2 rings (SSSR count). The van der Waals surface area contributed by atoms with Crippen LogP contribution in [0.1, 0.15) is 44.9 Å². The molecule has 2 saturated heterocycles. The molecule has 1 unspecified atom stereocenters. The molecule has 0 bridgehead atoms. The topological polar surface area (TPSA) is 24.1 Å². The van der Waals surface area contributed by atoms with Crippen LogP contribution < -0.4 is 10.6 Å². The number of rotatable bonds is 0. The van der Waals surface area contributed by atoms with E-state index in [4.69, 9.17) is 0 Å². The molecule has 2 fully saturated rings. The first-order valence-corrected chi connectivity index (χ1v) is 5.87. The van der Waals surface area contributed by atoms with Gasteiger partial charge in [0, 0.05) is 12.1 Å². The van der Waals surface area contributed by atoms with Crippen LogP contribution in [0.2, 0.25) is 0 Å². The van der Waals surface area contributed by atoms with Crippen molar-refractivity contribution in [3.05, 3.63) is 0 Å². The van der Waals surface area contributed by atoms with Crippen LogP contribution >= 0.6 is 0 Å². The van der Waals surface area contributed by atoms with Gasteiger partial charge in [-0.15, -0.1) is 0 Å². The molecular formula is C11H22N2. The Morgan fingerprint density at radius 2 is 1.54 bits per heavy atom. The van der Waals surface area contributed by atoms with E-state index in [0.29, 0.717) is 5.54 Å². The van der Waals surface area contributed by atoms with Crippen molar-refractivity contribution in [2.24, 2.45) is 0 Å². The van der Waals surface area contributed by atoms with Gasteiger partial charge in [0.15, 0.2) is 0 Å². The summed E-state index contributed by atoms with van der Waals surface area (Å²) in [7, 11) is 0. The summed E-state index contributed by atoms with van der Waals surface area (Å²) in [6, 6.07) is 0. The summed E-state index contributed by atoms with van der Waals surface area (Å²) < 4.78 is 0. The van der Waals surface area contributed by atoms with Crippen LogP contribution in [0.5, 0.6) is 0 Å². The minimum absolute atomic E-state index is 0.465. The van der Waals surface area contributed by atoms with E-state index in [0.717, 1.165) is 0 Å². The molecule has 2 N–H and O–H groups in total. The zero-order valence-electron chi connectivity index (χ0n) is 8.57. The summed E-state index contributed by atoms with van der Waals surface area (Å²) in [5, 5.41) is 7.35. The zero-order chi connectivity index (χ0) is 8.99. The lowest BCUT2D eigenvalue weighted by atomic mass is 9.89. The van der Waals surface area contributed by atoms with Crippen LogP contribution in [0.4, 0.5) is 0 Å². The molecule has 0 amide bonds. The van der Waals surface area contributed by atoms with Crippen LogP contribution in [0.15, 0.2) is 0 Å². The normalized spacial score (nSPS) is 36.9. The van der Waals surface area contributed by atoms with Gasteiger partial charge < -0.3 is 10.6 Å². The maximum absolute atomic E-state index is 3.77. The fraction of sp³-hybridized carbons (Fsp3) is 1.00. The van der Waals surface area contributed by atoms with Gasteiger partial charge in [0.1, 0.15) is 0 Å². The van der Waals surface area contributed by atoms with E-state index < -0.39 is 0 Å². The van der Waals surface area contributed by atoms with Gasteiger partial charge in [0.2, 0.25) is 0 Å². The summed E-state index contributed by atoms with van der Waals surface area (Å²) in [4.78, 5) is 0. The molecule has 0 saturated carbocycles. The predicted octanol–water partition coefficient (Wildman–Crippen LogP) is 1.66. The molecule has 0 aromatic heterocycles. The smallest absolute Gasteiger partial charge is 0.0306 e. The molecule has 13 heavy (non-hydrogen) atoms. The monoisotopic (exact) mass is 182 g/mol. The van der Waals surface area contributed by atoms with Crippen molar-refractivity contribution in [3.8, 4) is 0 Å². The molecule has 0 aromatic carbocycles. The van der Waals surface area contributed by atoms with Crippen molar-refractivity contribution in [2.45, 2.75) is 50.5 Å². The molecule has 2 heteroatoms. The number of nitrogens with one attached hydrogen (secondary N) is 2. The van der Waals surface area contributed by atoms with E-state index in [-0.39, 0.29) is 0 Å². The Kier molecular flexibility index (Phi) is 3.23. The summed E-state index contributed by atoms with van der Waals surface area (Å²) in [5.41, 5.74) is 0.465. The zero-order valence-corrected chi connectivity index (χ0v) is 8.57. The van der Waals surface area contributed by atoms with Crippen LogP contribution in [-0.2, 0) is 0 Å². The summed E-state index contributed by atoms with van der Waals surface area (Å²) in [5.74, 6) is 0. The Balaban J connectivity index is 1.97. The van der Waals surface area contributed by atoms with Gasteiger partial charge in [-0.1, -0.05) is 19.3 Å². The quantitative estimate of drug-likeness (QED) is 0.595. The van der Waals surface area contributed by atoms with E-state index in [1.54, 1.807) is 0 Å². The Labute approximate surface area is 81.5 Å². The SMILES string of the molecule is C1CCNC2(CC1)CCCCNC2. The molecule has 1 atom stereocenters. The number of hydrogen-bond donors (Lipinski definition) is 2. The van der Waals surface area contributed by atoms with Crippen molar-refractivity contribution in [1.82, 2.24) is 10.6 Å². The molecule has 0 aliphatic carbocycles. The maximum atomic E-state index is 3.77. The summed E-state index contributed by atoms with van der Waals surface area (Å²) >= 11 is 0. The first-order chi connectivity index (χ1) is 6.41. The predicted molar refractivity (Wildman–Crippen MR) is 55.9 cm³/mol. The van der Waals surface area contributed by atoms with Crippen molar-refractivity contribution in [3.63, 3.8) is 0 Å². The largest absolute Gasteiger partial charge is 0.315 e. The van der Waals surface area contributed by atoms with E-state index in [9.17, 15) is 0 Å². The first kappa shape index (κ1) is 9.47. The Hall–Kier alpha value is -0.0800. The lowest BCUT2D eigenvalue weighted by Gasteiger charge is -2.32. The van der Waals surface area contributed by atoms with Gasteiger partial charge >= 0.3 is 0 Å². The molecule has 0 aromatic rings. The average Bonchev–Trinajstić information content (AvgIpc) is 2.50. The Bertz CT molecular complexity index is 119. The first-order valence-electron chi connectivity index (χ1n) is 5.87. The highest BCUT2D eigenvalue weighted by Crippen LogP contribution is 2.25.